The Morgan fingerprint density at radius 1 is 1.41 bits per heavy atom. The standard InChI is InChI=1S/C21H28N6O2/c1-5-20(28)26-12-14(2)8-17(9-15(26)3)29-21-19-6-7-24-27(19)13-18(25-21)16(10-22)11-23-4/h5-7,10-11,13-15,17,22-23H,1,8-9,12H2,2-4H3/b16-11+,22-10?/t14-,15+,17?/m0/s1. The van der Waals surface area contributed by atoms with Crippen LogP contribution in [0.25, 0.3) is 11.1 Å². The van der Waals surface area contributed by atoms with Gasteiger partial charge in [-0.3, -0.25) is 4.79 Å². The highest BCUT2D eigenvalue weighted by Crippen LogP contribution is 2.28. The normalized spacial score (nSPS) is 22.8. The van der Waals surface area contributed by atoms with Crippen molar-refractivity contribution < 1.29 is 9.53 Å². The lowest BCUT2D eigenvalue weighted by molar-refractivity contribution is -0.128. The molecule has 1 aliphatic heterocycles. The third kappa shape index (κ3) is 4.47. The Morgan fingerprint density at radius 2 is 2.21 bits per heavy atom. The molecule has 1 fully saturated rings. The molecule has 29 heavy (non-hydrogen) atoms. The van der Waals surface area contributed by atoms with Crippen LogP contribution >= 0.6 is 0 Å². The van der Waals surface area contributed by atoms with Crippen molar-refractivity contribution in [1.29, 1.82) is 5.41 Å². The van der Waals surface area contributed by atoms with E-state index in [9.17, 15) is 4.79 Å². The molecule has 0 spiro atoms. The molecule has 154 valence electrons. The SMILES string of the molecule is C=CC(=O)N1C[C@@H](C)CC(Oc2nc(/C(C=N)=C/NC)cn3nccc23)C[C@H]1C. The monoisotopic (exact) mass is 396 g/mol. The lowest BCUT2D eigenvalue weighted by Gasteiger charge is -2.27. The summed E-state index contributed by atoms with van der Waals surface area (Å²) in [5.74, 6) is 0.729. The quantitative estimate of drug-likeness (QED) is 0.578. The summed E-state index contributed by atoms with van der Waals surface area (Å²) >= 11 is 0. The third-order valence-electron chi connectivity index (χ3n) is 5.15. The number of rotatable bonds is 6. The van der Waals surface area contributed by atoms with Gasteiger partial charge in [-0.25, -0.2) is 9.50 Å². The van der Waals surface area contributed by atoms with Crippen molar-refractivity contribution in [2.75, 3.05) is 13.6 Å². The van der Waals surface area contributed by atoms with E-state index in [2.05, 4.69) is 28.9 Å². The predicted octanol–water partition coefficient (Wildman–Crippen LogP) is 2.52. The van der Waals surface area contributed by atoms with Crippen LogP contribution in [0.3, 0.4) is 0 Å². The van der Waals surface area contributed by atoms with Crippen LogP contribution < -0.4 is 10.1 Å². The maximum absolute atomic E-state index is 12.2. The molecule has 1 aliphatic rings. The van der Waals surface area contributed by atoms with E-state index in [-0.39, 0.29) is 18.1 Å². The fourth-order valence-corrected chi connectivity index (χ4v) is 3.79. The topological polar surface area (TPSA) is 95.6 Å². The fraction of sp³-hybridized carbons (Fsp3) is 0.429. The molecule has 0 aliphatic carbocycles. The summed E-state index contributed by atoms with van der Waals surface area (Å²) in [6, 6.07) is 1.90. The summed E-state index contributed by atoms with van der Waals surface area (Å²) in [6.45, 7) is 8.47. The van der Waals surface area contributed by atoms with Gasteiger partial charge in [0.25, 0.3) is 0 Å². The van der Waals surface area contributed by atoms with Crippen molar-refractivity contribution in [3.8, 4) is 5.88 Å². The Hall–Kier alpha value is -3.16. The molecule has 1 unspecified atom stereocenters. The van der Waals surface area contributed by atoms with Gasteiger partial charge in [-0.2, -0.15) is 5.10 Å². The molecule has 2 N–H and O–H groups in total. The van der Waals surface area contributed by atoms with E-state index < -0.39 is 0 Å². The molecule has 2 aromatic rings. The van der Waals surface area contributed by atoms with Gasteiger partial charge in [0.05, 0.1) is 18.1 Å². The second kappa shape index (κ2) is 8.89. The minimum absolute atomic E-state index is 0.0425. The van der Waals surface area contributed by atoms with E-state index in [1.807, 2.05) is 17.9 Å². The van der Waals surface area contributed by atoms with Crippen LogP contribution in [0.5, 0.6) is 5.88 Å². The lowest BCUT2D eigenvalue weighted by atomic mass is 10.0. The molecule has 0 radical (unpaired) electrons. The number of hydrogen-bond acceptors (Lipinski definition) is 6. The summed E-state index contributed by atoms with van der Waals surface area (Å²) in [5.41, 5.74) is 1.99. The first-order valence-electron chi connectivity index (χ1n) is 9.79. The second-order valence-corrected chi connectivity index (χ2v) is 7.49. The summed E-state index contributed by atoms with van der Waals surface area (Å²) < 4.78 is 8.07. The number of ether oxygens (including phenoxy) is 1. The Labute approximate surface area is 170 Å². The van der Waals surface area contributed by atoms with Gasteiger partial charge >= 0.3 is 0 Å². The Morgan fingerprint density at radius 3 is 2.90 bits per heavy atom. The van der Waals surface area contributed by atoms with Crippen LogP contribution in [0, 0.1) is 11.3 Å². The highest BCUT2D eigenvalue weighted by Gasteiger charge is 2.30. The lowest BCUT2D eigenvalue weighted by Crippen LogP contribution is -2.39. The Kier molecular flexibility index (Phi) is 6.31. The van der Waals surface area contributed by atoms with Crippen molar-refractivity contribution in [3.05, 3.63) is 43.0 Å². The number of nitrogens with zero attached hydrogens (tertiary/aromatic N) is 4. The average molecular weight is 396 g/mol. The number of allylic oxidation sites excluding steroid dienone is 1. The van der Waals surface area contributed by atoms with Gasteiger partial charge < -0.3 is 20.4 Å². The zero-order chi connectivity index (χ0) is 21.0. The number of carbonyl (C=O) groups excluding carboxylic acids is 1. The molecule has 8 nitrogen and oxygen atoms in total. The van der Waals surface area contributed by atoms with E-state index in [4.69, 9.17) is 10.1 Å². The number of nitrogens with one attached hydrogen (secondary N) is 2. The number of fused-ring (bicyclic) bond motifs is 1. The van der Waals surface area contributed by atoms with E-state index in [0.717, 1.165) is 11.9 Å². The molecule has 1 saturated heterocycles. The second-order valence-electron chi connectivity index (χ2n) is 7.49. The van der Waals surface area contributed by atoms with Crippen LogP contribution in [0.2, 0.25) is 0 Å². The van der Waals surface area contributed by atoms with Gasteiger partial charge in [-0.05, 0) is 31.4 Å². The van der Waals surface area contributed by atoms with E-state index in [1.54, 1.807) is 30.2 Å². The predicted molar refractivity (Wildman–Crippen MR) is 113 cm³/mol. The van der Waals surface area contributed by atoms with E-state index in [0.29, 0.717) is 36.0 Å². The maximum Gasteiger partial charge on any atom is 0.246 e. The molecule has 3 rings (SSSR count). The third-order valence-corrected chi connectivity index (χ3v) is 5.15. The van der Waals surface area contributed by atoms with E-state index >= 15 is 0 Å². The van der Waals surface area contributed by atoms with Crippen LogP contribution in [-0.4, -0.2) is 57.4 Å². The number of hydrogen-bond donors (Lipinski definition) is 2. The molecular formula is C21H28N6O2. The first-order chi connectivity index (χ1) is 14.0. The van der Waals surface area contributed by atoms with Gasteiger partial charge in [-0.15, -0.1) is 0 Å². The largest absolute Gasteiger partial charge is 0.473 e. The van der Waals surface area contributed by atoms with Crippen molar-refractivity contribution >= 4 is 23.2 Å². The Bertz CT molecular complexity index is 934. The van der Waals surface area contributed by atoms with Gasteiger partial charge in [0.1, 0.15) is 11.6 Å². The molecule has 3 atom stereocenters. The highest BCUT2D eigenvalue weighted by atomic mass is 16.5. The smallest absolute Gasteiger partial charge is 0.246 e. The number of aromatic nitrogens is 3. The van der Waals surface area contributed by atoms with Crippen molar-refractivity contribution in [1.82, 2.24) is 24.8 Å². The minimum atomic E-state index is -0.0826. The molecule has 0 bridgehead atoms. The zero-order valence-electron chi connectivity index (χ0n) is 17.1. The van der Waals surface area contributed by atoms with Crippen molar-refractivity contribution in [2.45, 2.75) is 38.8 Å². The van der Waals surface area contributed by atoms with E-state index in [1.165, 1.54) is 12.3 Å². The zero-order valence-corrected chi connectivity index (χ0v) is 17.1. The van der Waals surface area contributed by atoms with Gasteiger partial charge in [0, 0.05) is 44.0 Å². The van der Waals surface area contributed by atoms with Gasteiger partial charge in [0.15, 0.2) is 0 Å². The van der Waals surface area contributed by atoms with Crippen LogP contribution in [-0.2, 0) is 4.79 Å². The summed E-state index contributed by atoms with van der Waals surface area (Å²) in [6.07, 6.45) is 9.25. The molecule has 1 amide bonds. The van der Waals surface area contributed by atoms with Crippen LogP contribution in [0.1, 0.15) is 32.4 Å². The minimum Gasteiger partial charge on any atom is -0.473 e. The first-order valence-corrected chi connectivity index (χ1v) is 9.79. The maximum atomic E-state index is 12.2. The summed E-state index contributed by atoms with van der Waals surface area (Å²) in [7, 11) is 1.78. The van der Waals surface area contributed by atoms with Crippen LogP contribution in [0.15, 0.2) is 37.3 Å². The molecule has 2 aromatic heterocycles. The average Bonchev–Trinajstić information content (AvgIpc) is 3.12. The molecule has 0 aromatic carbocycles. The van der Waals surface area contributed by atoms with Gasteiger partial charge in [0.2, 0.25) is 11.8 Å². The Balaban J connectivity index is 1.92. The molecule has 3 heterocycles. The molecular weight excluding hydrogens is 368 g/mol. The number of carbonyl (C=O) groups is 1. The number of amides is 1. The van der Waals surface area contributed by atoms with Crippen LogP contribution in [0.4, 0.5) is 0 Å². The highest BCUT2D eigenvalue weighted by molar-refractivity contribution is 6.07. The van der Waals surface area contributed by atoms with Crippen molar-refractivity contribution in [2.24, 2.45) is 5.92 Å². The van der Waals surface area contributed by atoms with Gasteiger partial charge in [-0.1, -0.05) is 13.5 Å². The fourth-order valence-electron chi connectivity index (χ4n) is 3.79. The molecule has 8 heteroatoms. The summed E-state index contributed by atoms with van der Waals surface area (Å²) in [5, 5.41) is 14.9. The van der Waals surface area contributed by atoms with Crippen molar-refractivity contribution in [3.63, 3.8) is 0 Å². The summed E-state index contributed by atoms with van der Waals surface area (Å²) in [4.78, 5) is 18.7. The number of likely N-dealkylation sites (tertiary alicyclic amines) is 1. The first kappa shape index (κ1) is 20.6. The molecule has 0 saturated carbocycles.